The fourth-order valence-electron chi connectivity index (χ4n) is 8.80. The first-order valence-corrected chi connectivity index (χ1v) is 12.7. The van der Waals surface area contributed by atoms with E-state index >= 15 is 0 Å². The summed E-state index contributed by atoms with van der Waals surface area (Å²) in [5, 5.41) is 18.4. The number of aliphatic hydroxyl groups is 1. The lowest BCUT2D eigenvalue weighted by Crippen LogP contribution is -2.50. The molecule has 31 heavy (non-hydrogen) atoms. The van der Waals surface area contributed by atoms with Crippen molar-refractivity contribution in [2.24, 2.45) is 39.6 Å². The molecule has 0 radical (unpaired) electrons. The molecule has 1 aromatic rings. The summed E-state index contributed by atoms with van der Waals surface area (Å²) in [5.74, 6) is 2.86. The number of hydrogen-bond donors (Lipinski definition) is 1. The molecule has 3 nitrogen and oxygen atoms in total. The molecule has 0 aromatic heterocycles. The van der Waals surface area contributed by atoms with Crippen molar-refractivity contribution in [3.63, 3.8) is 0 Å². The monoisotopic (exact) mass is 438 g/mol. The second-order valence-corrected chi connectivity index (χ2v) is 12.0. The zero-order valence-electron chi connectivity index (χ0n) is 19.0. The van der Waals surface area contributed by atoms with E-state index in [9.17, 15) is 5.11 Å². The quantitative estimate of drug-likeness (QED) is 0.511. The fraction of sp³-hybridized carbons (Fsp3) is 0.667. The van der Waals surface area contributed by atoms with Crippen LogP contribution in [0, 0.1) is 34.5 Å². The Labute approximate surface area is 191 Å². The number of halogens is 1. The molecular weight excluding hydrogens is 404 g/mol. The highest BCUT2D eigenvalue weighted by Gasteiger charge is 2.64. The fourth-order valence-corrected chi connectivity index (χ4v) is 8.93. The molecule has 4 heteroatoms. The van der Waals surface area contributed by atoms with Gasteiger partial charge in [0.1, 0.15) is 0 Å². The summed E-state index contributed by atoms with van der Waals surface area (Å²) in [7, 11) is 0. The highest BCUT2D eigenvalue weighted by molar-refractivity contribution is 6.30. The molecule has 1 aromatic carbocycles. The molecule has 5 aliphatic rings. The number of aliphatic hydroxyl groups excluding tert-OH is 1. The summed E-state index contributed by atoms with van der Waals surface area (Å²) in [6.07, 6.45) is 10.6. The van der Waals surface area contributed by atoms with Gasteiger partial charge in [0.25, 0.3) is 0 Å². The van der Waals surface area contributed by atoms with Crippen LogP contribution >= 0.6 is 11.6 Å². The largest absolute Gasteiger partial charge is 0.393 e. The summed E-state index contributed by atoms with van der Waals surface area (Å²) in [6, 6.07) is 8.69. The number of rotatable bonds is 1. The van der Waals surface area contributed by atoms with Gasteiger partial charge in [0.05, 0.1) is 17.8 Å². The van der Waals surface area contributed by atoms with Gasteiger partial charge in [-0.3, -0.25) is 5.01 Å². The molecular formula is C27H35ClN2O. The number of hydrazone groups is 1. The second kappa shape index (κ2) is 6.84. The standard InChI is InChI=1S/C27H35ClN2O/c1-16-25-24(30(29-16)19-7-5-18(28)6-8-19)15-23-21-9-4-17-14-20(31)10-12-26(17,2)22(21)11-13-27(23,25)3/h4-8,20-25,31H,9-15H2,1-3H3/t20-,21+,22-,23-,24+,25+,26-,27-/m0/s1. The van der Waals surface area contributed by atoms with Gasteiger partial charge in [-0.25, -0.2) is 0 Å². The van der Waals surface area contributed by atoms with E-state index in [1.54, 1.807) is 5.57 Å². The number of fused-ring (bicyclic) bond motifs is 7. The maximum Gasteiger partial charge on any atom is 0.0615 e. The Kier molecular flexibility index (Phi) is 4.48. The van der Waals surface area contributed by atoms with Crippen molar-refractivity contribution in [3.8, 4) is 0 Å². The molecule has 1 N–H and O–H groups in total. The van der Waals surface area contributed by atoms with Crippen molar-refractivity contribution in [1.82, 2.24) is 0 Å². The van der Waals surface area contributed by atoms with Crippen LogP contribution in [0.5, 0.6) is 0 Å². The molecule has 0 spiro atoms. The summed E-state index contributed by atoms with van der Waals surface area (Å²) >= 11 is 6.16. The smallest absolute Gasteiger partial charge is 0.0615 e. The van der Waals surface area contributed by atoms with E-state index < -0.39 is 0 Å². The molecule has 1 aliphatic heterocycles. The van der Waals surface area contributed by atoms with Crippen molar-refractivity contribution in [2.75, 3.05) is 5.01 Å². The van der Waals surface area contributed by atoms with E-state index in [1.807, 2.05) is 12.1 Å². The molecule has 1 heterocycles. The Morgan fingerprint density at radius 1 is 1.10 bits per heavy atom. The van der Waals surface area contributed by atoms with E-state index in [-0.39, 0.29) is 6.10 Å². The van der Waals surface area contributed by atoms with E-state index in [2.05, 4.69) is 44.0 Å². The Morgan fingerprint density at radius 3 is 2.65 bits per heavy atom. The average molecular weight is 439 g/mol. The average Bonchev–Trinajstić information content (AvgIpc) is 3.24. The molecule has 0 amide bonds. The number of allylic oxidation sites excluding steroid dienone is 1. The van der Waals surface area contributed by atoms with E-state index in [0.717, 1.165) is 42.0 Å². The number of benzene rings is 1. The molecule has 0 unspecified atom stereocenters. The summed E-state index contributed by atoms with van der Waals surface area (Å²) < 4.78 is 0. The summed E-state index contributed by atoms with van der Waals surface area (Å²) in [6.45, 7) is 7.36. The van der Waals surface area contributed by atoms with Crippen LogP contribution in [-0.4, -0.2) is 23.0 Å². The number of hydrogen-bond acceptors (Lipinski definition) is 3. The van der Waals surface area contributed by atoms with Crippen molar-refractivity contribution in [3.05, 3.63) is 40.9 Å². The first-order valence-electron chi connectivity index (χ1n) is 12.3. The van der Waals surface area contributed by atoms with Gasteiger partial charge in [-0.1, -0.05) is 37.1 Å². The zero-order valence-corrected chi connectivity index (χ0v) is 19.8. The van der Waals surface area contributed by atoms with Gasteiger partial charge >= 0.3 is 0 Å². The van der Waals surface area contributed by atoms with Gasteiger partial charge < -0.3 is 5.11 Å². The van der Waals surface area contributed by atoms with Crippen molar-refractivity contribution < 1.29 is 5.11 Å². The van der Waals surface area contributed by atoms with Gasteiger partial charge in [0.2, 0.25) is 0 Å². The normalized spacial score (nSPS) is 45.9. The van der Waals surface area contributed by atoms with Crippen molar-refractivity contribution in [2.45, 2.75) is 77.9 Å². The van der Waals surface area contributed by atoms with Crippen molar-refractivity contribution in [1.29, 1.82) is 0 Å². The first-order chi connectivity index (χ1) is 14.8. The third-order valence-corrected chi connectivity index (χ3v) is 10.5. The molecule has 6 rings (SSSR count). The molecule has 166 valence electrons. The molecule has 3 fully saturated rings. The van der Waals surface area contributed by atoms with Crippen LogP contribution in [-0.2, 0) is 0 Å². The highest BCUT2D eigenvalue weighted by Crippen LogP contribution is 2.67. The molecule has 4 aliphatic carbocycles. The minimum atomic E-state index is -0.123. The minimum absolute atomic E-state index is 0.123. The number of nitrogens with zero attached hydrogens (tertiary/aromatic N) is 2. The third kappa shape index (κ3) is 2.78. The van der Waals surface area contributed by atoms with Crippen molar-refractivity contribution >= 4 is 23.0 Å². The Bertz CT molecular complexity index is 954. The predicted molar refractivity (Wildman–Crippen MR) is 127 cm³/mol. The Hall–Kier alpha value is -1.32. The molecule has 0 bridgehead atoms. The molecule has 3 saturated carbocycles. The Morgan fingerprint density at radius 2 is 1.87 bits per heavy atom. The lowest BCUT2D eigenvalue weighted by atomic mass is 9.47. The summed E-state index contributed by atoms with van der Waals surface area (Å²) in [5.41, 5.74) is 4.71. The van der Waals surface area contributed by atoms with E-state index in [4.69, 9.17) is 16.7 Å². The van der Waals surface area contributed by atoms with Crippen LogP contribution in [0.2, 0.25) is 5.02 Å². The van der Waals surface area contributed by atoms with Crippen LogP contribution in [0.15, 0.2) is 41.0 Å². The third-order valence-electron chi connectivity index (χ3n) is 10.2. The second-order valence-electron chi connectivity index (χ2n) is 11.5. The molecule has 8 atom stereocenters. The van der Waals surface area contributed by atoms with Gasteiger partial charge in [-0.15, -0.1) is 0 Å². The predicted octanol–water partition coefficient (Wildman–Crippen LogP) is 6.45. The number of anilines is 1. The van der Waals surface area contributed by atoms with Crippen LogP contribution in [0.3, 0.4) is 0 Å². The Balaban J connectivity index is 1.34. The van der Waals surface area contributed by atoms with Gasteiger partial charge in [-0.05, 0) is 105 Å². The van der Waals surface area contributed by atoms with Crippen LogP contribution in [0.1, 0.15) is 65.7 Å². The van der Waals surface area contributed by atoms with Crippen LogP contribution < -0.4 is 5.01 Å². The SMILES string of the molecule is CC1=NN(c2ccc(Cl)cc2)[C@@H]2C[C@H]3[C@@H]4CC=C5C[C@@H](O)CC[C@]5(C)[C@H]4CC[C@]3(C)[C@H]12. The van der Waals surface area contributed by atoms with E-state index in [1.165, 1.54) is 37.1 Å². The minimum Gasteiger partial charge on any atom is -0.393 e. The van der Waals surface area contributed by atoms with Gasteiger partial charge in [0.15, 0.2) is 0 Å². The molecule has 0 saturated heterocycles. The van der Waals surface area contributed by atoms with E-state index in [0.29, 0.717) is 22.8 Å². The summed E-state index contributed by atoms with van der Waals surface area (Å²) in [4.78, 5) is 0. The lowest BCUT2D eigenvalue weighted by Gasteiger charge is -2.57. The maximum atomic E-state index is 10.3. The lowest BCUT2D eigenvalue weighted by molar-refractivity contribution is -0.0422. The maximum absolute atomic E-state index is 10.3. The zero-order chi connectivity index (χ0) is 21.5. The topological polar surface area (TPSA) is 35.8 Å². The first kappa shape index (κ1) is 20.3. The van der Waals surface area contributed by atoms with Crippen LogP contribution in [0.25, 0.3) is 0 Å². The van der Waals surface area contributed by atoms with Gasteiger partial charge in [-0.2, -0.15) is 5.10 Å². The van der Waals surface area contributed by atoms with Gasteiger partial charge in [0, 0.05) is 16.7 Å². The van der Waals surface area contributed by atoms with Crippen LogP contribution in [0.4, 0.5) is 5.69 Å². The highest BCUT2D eigenvalue weighted by atomic mass is 35.5.